The Morgan fingerprint density at radius 1 is 1.29 bits per heavy atom. The molecule has 0 aliphatic carbocycles. The number of hydrogen-bond acceptors (Lipinski definition) is 5. The summed E-state index contributed by atoms with van der Waals surface area (Å²) >= 11 is 0. The van der Waals surface area contributed by atoms with Crippen molar-refractivity contribution in [3.05, 3.63) is 33.9 Å². The van der Waals surface area contributed by atoms with Gasteiger partial charge in [0, 0.05) is 18.2 Å². The van der Waals surface area contributed by atoms with Gasteiger partial charge in [-0.05, 0) is 46.2 Å². The highest BCUT2D eigenvalue weighted by molar-refractivity contribution is 5.48. The fourth-order valence-corrected chi connectivity index (χ4v) is 1.56. The number of benzene rings is 1. The van der Waals surface area contributed by atoms with E-state index >= 15 is 0 Å². The maximum Gasteiger partial charge on any atom is 0.310 e. The quantitative estimate of drug-likeness (QED) is 0.622. The summed E-state index contributed by atoms with van der Waals surface area (Å²) in [5.74, 6) is 0.176. The van der Waals surface area contributed by atoms with Crippen LogP contribution in [0.1, 0.15) is 40.2 Å². The smallest absolute Gasteiger partial charge is 0.310 e. The van der Waals surface area contributed by atoms with Gasteiger partial charge in [-0.1, -0.05) is 6.07 Å². The molecule has 0 amide bonds. The standard InChI is InChI=1S/C15H24N2O4/c1-14(2,3)16-9-11-6-7-12(17(19)20)13(8-11)21-10-15(4,5)18/h6-8,16,18H,9-10H2,1-5H3. The van der Waals surface area contributed by atoms with Gasteiger partial charge < -0.3 is 15.2 Å². The molecular formula is C15H24N2O4. The third-order valence-electron chi connectivity index (χ3n) is 2.62. The Labute approximate surface area is 125 Å². The molecule has 1 rings (SSSR count). The van der Waals surface area contributed by atoms with Crippen LogP contribution in [0.4, 0.5) is 5.69 Å². The first-order valence-electron chi connectivity index (χ1n) is 6.85. The molecule has 0 fully saturated rings. The molecule has 6 heteroatoms. The van der Waals surface area contributed by atoms with Crippen molar-refractivity contribution in [3.63, 3.8) is 0 Å². The SMILES string of the molecule is CC(C)(O)COc1cc(CNC(C)(C)C)ccc1[N+](=O)[O-]. The van der Waals surface area contributed by atoms with Crippen LogP contribution in [0.5, 0.6) is 5.75 Å². The molecule has 0 saturated heterocycles. The van der Waals surface area contributed by atoms with Gasteiger partial charge >= 0.3 is 5.69 Å². The lowest BCUT2D eigenvalue weighted by Gasteiger charge is -2.21. The molecule has 0 unspecified atom stereocenters. The summed E-state index contributed by atoms with van der Waals surface area (Å²) in [7, 11) is 0. The monoisotopic (exact) mass is 296 g/mol. The minimum absolute atomic E-state index is 0.00993. The number of nitrogens with zero attached hydrogens (tertiary/aromatic N) is 1. The number of ether oxygens (including phenoxy) is 1. The maximum atomic E-state index is 11.0. The summed E-state index contributed by atoms with van der Waals surface area (Å²) in [4.78, 5) is 10.5. The first-order chi connectivity index (χ1) is 9.48. The Kier molecular flexibility index (Phi) is 5.31. The van der Waals surface area contributed by atoms with Crippen LogP contribution < -0.4 is 10.1 Å². The topological polar surface area (TPSA) is 84.6 Å². The highest BCUT2D eigenvalue weighted by atomic mass is 16.6. The van der Waals surface area contributed by atoms with E-state index in [9.17, 15) is 15.2 Å². The molecule has 0 saturated carbocycles. The van der Waals surface area contributed by atoms with Crippen molar-refractivity contribution in [2.24, 2.45) is 0 Å². The van der Waals surface area contributed by atoms with Gasteiger partial charge in [-0.25, -0.2) is 0 Å². The van der Waals surface area contributed by atoms with Crippen LogP contribution in [-0.2, 0) is 6.54 Å². The average Bonchev–Trinajstić information content (AvgIpc) is 2.32. The van der Waals surface area contributed by atoms with Crippen molar-refractivity contribution in [3.8, 4) is 5.75 Å². The van der Waals surface area contributed by atoms with Crippen molar-refractivity contribution in [2.45, 2.75) is 52.3 Å². The van der Waals surface area contributed by atoms with Gasteiger partial charge in [0.2, 0.25) is 0 Å². The number of nitrogens with one attached hydrogen (secondary N) is 1. The second-order valence-corrected chi connectivity index (χ2v) is 6.76. The number of nitro benzene ring substituents is 1. The van der Waals surface area contributed by atoms with Crippen molar-refractivity contribution in [1.29, 1.82) is 0 Å². The van der Waals surface area contributed by atoms with Crippen LogP contribution in [-0.4, -0.2) is 27.8 Å². The lowest BCUT2D eigenvalue weighted by atomic mass is 10.1. The molecule has 6 nitrogen and oxygen atoms in total. The van der Waals surface area contributed by atoms with Crippen LogP contribution in [0.2, 0.25) is 0 Å². The molecule has 0 radical (unpaired) electrons. The molecule has 1 aromatic carbocycles. The highest BCUT2D eigenvalue weighted by Gasteiger charge is 2.20. The van der Waals surface area contributed by atoms with Crippen LogP contribution >= 0.6 is 0 Å². The second kappa shape index (κ2) is 6.41. The normalized spacial score (nSPS) is 12.3. The minimum Gasteiger partial charge on any atom is -0.484 e. The molecule has 0 aliphatic rings. The summed E-state index contributed by atoms with van der Waals surface area (Å²) in [6.45, 7) is 9.89. The number of hydrogen-bond donors (Lipinski definition) is 2. The minimum atomic E-state index is -1.05. The number of aliphatic hydroxyl groups is 1. The third-order valence-corrected chi connectivity index (χ3v) is 2.62. The summed E-state index contributed by atoms with van der Waals surface area (Å²) < 4.78 is 5.42. The molecule has 0 spiro atoms. The Morgan fingerprint density at radius 2 is 1.90 bits per heavy atom. The molecular weight excluding hydrogens is 272 g/mol. The van der Waals surface area contributed by atoms with E-state index in [1.165, 1.54) is 6.07 Å². The molecule has 118 valence electrons. The first-order valence-corrected chi connectivity index (χ1v) is 6.85. The van der Waals surface area contributed by atoms with Crippen LogP contribution in [0.15, 0.2) is 18.2 Å². The summed E-state index contributed by atoms with van der Waals surface area (Å²) in [6.07, 6.45) is 0. The van der Waals surface area contributed by atoms with Crippen LogP contribution in [0.3, 0.4) is 0 Å². The van der Waals surface area contributed by atoms with Crippen LogP contribution in [0.25, 0.3) is 0 Å². The molecule has 0 atom stereocenters. The molecule has 0 aliphatic heterocycles. The Morgan fingerprint density at radius 3 is 2.38 bits per heavy atom. The van der Waals surface area contributed by atoms with Gasteiger partial charge in [0.15, 0.2) is 5.75 Å². The van der Waals surface area contributed by atoms with E-state index < -0.39 is 10.5 Å². The van der Waals surface area contributed by atoms with Gasteiger partial charge in [0.05, 0.1) is 10.5 Å². The number of nitro groups is 1. The van der Waals surface area contributed by atoms with E-state index in [4.69, 9.17) is 4.74 Å². The zero-order valence-electron chi connectivity index (χ0n) is 13.3. The van der Waals surface area contributed by atoms with Crippen LogP contribution in [0, 0.1) is 10.1 Å². The van der Waals surface area contributed by atoms with Gasteiger partial charge in [0.1, 0.15) is 6.61 Å². The summed E-state index contributed by atoms with van der Waals surface area (Å²) in [6, 6.07) is 4.77. The lowest BCUT2D eigenvalue weighted by molar-refractivity contribution is -0.386. The zero-order valence-corrected chi connectivity index (χ0v) is 13.3. The van der Waals surface area contributed by atoms with Crippen molar-refractivity contribution >= 4 is 5.69 Å². The van der Waals surface area contributed by atoms with Crippen molar-refractivity contribution in [2.75, 3.05) is 6.61 Å². The molecule has 1 aromatic rings. The van der Waals surface area contributed by atoms with E-state index in [1.807, 2.05) is 20.8 Å². The highest BCUT2D eigenvalue weighted by Crippen LogP contribution is 2.28. The molecule has 2 N–H and O–H groups in total. The van der Waals surface area contributed by atoms with E-state index in [1.54, 1.807) is 26.0 Å². The second-order valence-electron chi connectivity index (χ2n) is 6.76. The summed E-state index contributed by atoms with van der Waals surface area (Å²) in [5, 5.41) is 24.0. The van der Waals surface area contributed by atoms with E-state index in [-0.39, 0.29) is 23.6 Å². The Hall–Kier alpha value is -1.66. The summed E-state index contributed by atoms with van der Waals surface area (Å²) in [5.41, 5.74) is -0.302. The van der Waals surface area contributed by atoms with E-state index in [0.717, 1.165) is 5.56 Å². The van der Waals surface area contributed by atoms with Crippen molar-refractivity contribution < 1.29 is 14.8 Å². The Bertz CT molecular complexity index is 501. The molecule has 0 aromatic heterocycles. The van der Waals surface area contributed by atoms with Gasteiger partial charge in [-0.3, -0.25) is 10.1 Å². The Balaban J connectivity index is 2.93. The zero-order chi connectivity index (χ0) is 16.3. The fraction of sp³-hybridized carbons (Fsp3) is 0.600. The number of rotatable bonds is 6. The van der Waals surface area contributed by atoms with Crippen molar-refractivity contribution in [1.82, 2.24) is 5.32 Å². The average molecular weight is 296 g/mol. The van der Waals surface area contributed by atoms with E-state index in [0.29, 0.717) is 6.54 Å². The molecule has 0 heterocycles. The lowest BCUT2D eigenvalue weighted by Crippen LogP contribution is -2.35. The predicted octanol–water partition coefficient (Wildman–Crippen LogP) is 2.63. The molecule has 21 heavy (non-hydrogen) atoms. The fourth-order valence-electron chi connectivity index (χ4n) is 1.56. The first kappa shape index (κ1) is 17.4. The van der Waals surface area contributed by atoms with E-state index in [2.05, 4.69) is 5.32 Å². The maximum absolute atomic E-state index is 11.0. The largest absolute Gasteiger partial charge is 0.484 e. The molecule has 0 bridgehead atoms. The third kappa shape index (κ3) is 6.55. The predicted molar refractivity (Wildman–Crippen MR) is 81.5 cm³/mol. The van der Waals surface area contributed by atoms with Gasteiger partial charge in [-0.2, -0.15) is 0 Å². The van der Waals surface area contributed by atoms with Gasteiger partial charge in [-0.15, -0.1) is 0 Å². The van der Waals surface area contributed by atoms with Gasteiger partial charge in [0.25, 0.3) is 0 Å².